The Morgan fingerprint density at radius 1 is 1.47 bits per heavy atom. The number of nitrogens with zero attached hydrogens (tertiary/aromatic N) is 1. The number of carbonyl (C=O) groups excluding carboxylic acids is 1. The summed E-state index contributed by atoms with van der Waals surface area (Å²) in [5, 5.41) is 3.35. The molecule has 0 saturated heterocycles. The monoisotopic (exact) mass is 252 g/mol. The lowest BCUT2D eigenvalue weighted by atomic mass is 9.87. The van der Waals surface area contributed by atoms with Crippen LogP contribution in [0, 0.1) is 5.92 Å². The van der Waals surface area contributed by atoms with E-state index in [1.165, 1.54) is 0 Å². The van der Waals surface area contributed by atoms with Crippen molar-refractivity contribution >= 4 is 23.3 Å². The molecule has 0 aromatic carbocycles. The molecule has 1 aliphatic rings. The zero-order valence-electron chi connectivity index (χ0n) is 10.4. The van der Waals surface area contributed by atoms with Crippen LogP contribution >= 0.6 is 11.6 Å². The van der Waals surface area contributed by atoms with Gasteiger partial charge in [0.05, 0.1) is 5.02 Å². The Balaban J connectivity index is 2.25. The van der Waals surface area contributed by atoms with Crippen LogP contribution in [0.15, 0.2) is 12.3 Å². The van der Waals surface area contributed by atoms with Gasteiger partial charge >= 0.3 is 0 Å². The highest BCUT2D eigenvalue weighted by atomic mass is 35.5. The maximum absolute atomic E-state index is 11.7. The fraction of sp³-hybridized carbons (Fsp3) is 0.538. The van der Waals surface area contributed by atoms with Gasteiger partial charge in [0.1, 0.15) is 0 Å². The average molecular weight is 253 g/mol. The molecule has 2 rings (SSSR count). The van der Waals surface area contributed by atoms with E-state index in [4.69, 9.17) is 11.6 Å². The quantitative estimate of drug-likeness (QED) is 0.877. The molecule has 1 heterocycles. The van der Waals surface area contributed by atoms with Crippen molar-refractivity contribution in [3.63, 3.8) is 0 Å². The predicted molar refractivity (Wildman–Crippen MR) is 69.3 cm³/mol. The zero-order chi connectivity index (χ0) is 12.6. The smallest absolute Gasteiger partial charge is 0.228 e. The van der Waals surface area contributed by atoms with E-state index < -0.39 is 0 Å². The molecule has 0 atom stereocenters. The summed E-state index contributed by atoms with van der Waals surface area (Å²) in [5.41, 5.74) is 0.944. The number of nitrogens with one attached hydrogen (secondary N) is 1. The molecule has 92 valence electrons. The Kier molecular flexibility index (Phi) is 3.13. The molecule has 1 saturated carbocycles. The number of rotatable bonds is 2. The van der Waals surface area contributed by atoms with Crippen molar-refractivity contribution in [2.45, 2.75) is 39.0 Å². The van der Waals surface area contributed by atoms with Gasteiger partial charge in [0, 0.05) is 12.1 Å². The molecule has 0 unspecified atom stereocenters. The van der Waals surface area contributed by atoms with Gasteiger partial charge in [0.15, 0.2) is 5.82 Å². The van der Waals surface area contributed by atoms with Crippen LogP contribution in [-0.2, 0) is 10.2 Å². The molecular weight excluding hydrogens is 236 g/mol. The lowest BCUT2D eigenvalue weighted by Crippen LogP contribution is -2.17. The Morgan fingerprint density at radius 2 is 2.12 bits per heavy atom. The van der Waals surface area contributed by atoms with Crippen molar-refractivity contribution in [2.75, 3.05) is 5.32 Å². The zero-order valence-corrected chi connectivity index (χ0v) is 11.1. The lowest BCUT2D eigenvalue weighted by Gasteiger charge is -2.21. The number of pyridine rings is 1. The van der Waals surface area contributed by atoms with Gasteiger partial charge in [-0.2, -0.15) is 0 Å². The second kappa shape index (κ2) is 4.30. The summed E-state index contributed by atoms with van der Waals surface area (Å²) in [4.78, 5) is 15.8. The topological polar surface area (TPSA) is 42.0 Å². The normalized spacial score (nSPS) is 15.8. The number of hydrogen-bond donors (Lipinski definition) is 1. The molecule has 3 nitrogen and oxygen atoms in total. The first-order valence-electron chi connectivity index (χ1n) is 5.85. The molecule has 1 aromatic heterocycles. The molecule has 0 radical (unpaired) electrons. The number of aromatic nitrogens is 1. The van der Waals surface area contributed by atoms with Crippen LogP contribution in [0.5, 0.6) is 0 Å². The van der Waals surface area contributed by atoms with E-state index in [0.717, 1.165) is 18.4 Å². The Morgan fingerprint density at radius 3 is 2.65 bits per heavy atom. The first-order chi connectivity index (χ1) is 7.89. The molecule has 1 fully saturated rings. The van der Waals surface area contributed by atoms with Gasteiger partial charge in [-0.05, 0) is 29.9 Å². The summed E-state index contributed by atoms with van der Waals surface area (Å²) < 4.78 is 0. The van der Waals surface area contributed by atoms with Gasteiger partial charge in [0.25, 0.3) is 0 Å². The minimum absolute atomic E-state index is 0.0328. The second-order valence-corrected chi connectivity index (χ2v) is 5.91. The fourth-order valence-electron chi connectivity index (χ4n) is 1.67. The van der Waals surface area contributed by atoms with Crippen molar-refractivity contribution in [3.8, 4) is 0 Å². The Bertz CT molecular complexity index is 447. The third kappa shape index (κ3) is 2.78. The maximum atomic E-state index is 11.7. The summed E-state index contributed by atoms with van der Waals surface area (Å²) in [5.74, 6) is 0.674. The highest BCUT2D eigenvalue weighted by Crippen LogP contribution is 2.35. The summed E-state index contributed by atoms with van der Waals surface area (Å²) in [6.45, 7) is 6.25. The molecule has 1 aromatic rings. The Hall–Kier alpha value is -1.09. The van der Waals surface area contributed by atoms with Crippen LogP contribution in [0.1, 0.15) is 39.2 Å². The first kappa shape index (κ1) is 12.4. The van der Waals surface area contributed by atoms with Crippen molar-refractivity contribution < 1.29 is 4.79 Å². The summed E-state index contributed by atoms with van der Waals surface area (Å²) in [7, 11) is 0. The molecule has 4 heteroatoms. The van der Waals surface area contributed by atoms with Crippen LogP contribution in [0.4, 0.5) is 5.82 Å². The van der Waals surface area contributed by atoms with E-state index in [-0.39, 0.29) is 17.2 Å². The maximum Gasteiger partial charge on any atom is 0.228 e. The number of halogens is 1. The van der Waals surface area contributed by atoms with Gasteiger partial charge in [-0.25, -0.2) is 4.98 Å². The highest BCUT2D eigenvalue weighted by Gasteiger charge is 2.30. The van der Waals surface area contributed by atoms with E-state index in [2.05, 4.69) is 31.1 Å². The highest BCUT2D eigenvalue weighted by molar-refractivity contribution is 6.34. The van der Waals surface area contributed by atoms with Crippen LogP contribution in [0.3, 0.4) is 0 Å². The number of carbonyl (C=O) groups is 1. The molecule has 17 heavy (non-hydrogen) atoms. The first-order valence-corrected chi connectivity index (χ1v) is 6.23. The van der Waals surface area contributed by atoms with E-state index >= 15 is 0 Å². The predicted octanol–water partition coefficient (Wildman–Crippen LogP) is 3.38. The number of amides is 1. The summed E-state index contributed by atoms with van der Waals surface area (Å²) in [6.07, 6.45) is 3.64. The number of anilines is 1. The standard InChI is InChI=1S/C13H17ClN2O/c1-13(2,3)9-6-7-15-11(10(9)14)16-12(17)8-4-5-8/h6-8H,4-5H2,1-3H3,(H,15,16,17). The second-order valence-electron chi connectivity index (χ2n) is 5.53. The van der Waals surface area contributed by atoms with Crippen LogP contribution in [0.25, 0.3) is 0 Å². The van der Waals surface area contributed by atoms with Gasteiger partial charge in [-0.15, -0.1) is 0 Å². The largest absolute Gasteiger partial charge is 0.309 e. The minimum Gasteiger partial charge on any atom is -0.309 e. The van der Waals surface area contributed by atoms with Crippen molar-refractivity contribution in [3.05, 3.63) is 22.8 Å². The number of hydrogen-bond acceptors (Lipinski definition) is 2. The van der Waals surface area contributed by atoms with E-state index in [9.17, 15) is 4.79 Å². The molecule has 0 aliphatic heterocycles. The summed E-state index contributed by atoms with van der Waals surface area (Å²) in [6, 6.07) is 1.90. The van der Waals surface area contributed by atoms with Crippen LogP contribution in [0.2, 0.25) is 5.02 Å². The van der Waals surface area contributed by atoms with Crippen molar-refractivity contribution in [2.24, 2.45) is 5.92 Å². The molecular formula is C13H17ClN2O. The average Bonchev–Trinajstić information content (AvgIpc) is 3.02. The molecule has 0 bridgehead atoms. The van der Waals surface area contributed by atoms with E-state index in [1.54, 1.807) is 6.20 Å². The van der Waals surface area contributed by atoms with Crippen LogP contribution < -0.4 is 5.32 Å². The van der Waals surface area contributed by atoms with Gasteiger partial charge in [0.2, 0.25) is 5.91 Å². The third-order valence-electron chi connectivity index (χ3n) is 2.89. The van der Waals surface area contributed by atoms with Crippen LogP contribution in [-0.4, -0.2) is 10.9 Å². The fourth-order valence-corrected chi connectivity index (χ4v) is 2.12. The van der Waals surface area contributed by atoms with Gasteiger partial charge in [-0.3, -0.25) is 4.79 Å². The third-order valence-corrected chi connectivity index (χ3v) is 3.27. The van der Waals surface area contributed by atoms with Crippen molar-refractivity contribution in [1.82, 2.24) is 4.98 Å². The molecule has 0 spiro atoms. The van der Waals surface area contributed by atoms with Gasteiger partial charge < -0.3 is 5.32 Å². The lowest BCUT2D eigenvalue weighted by molar-refractivity contribution is -0.117. The molecule has 1 N–H and O–H groups in total. The summed E-state index contributed by atoms with van der Waals surface area (Å²) >= 11 is 6.29. The van der Waals surface area contributed by atoms with Crippen molar-refractivity contribution in [1.29, 1.82) is 0 Å². The van der Waals surface area contributed by atoms with E-state index in [0.29, 0.717) is 10.8 Å². The molecule has 1 amide bonds. The SMILES string of the molecule is CC(C)(C)c1ccnc(NC(=O)C2CC2)c1Cl. The minimum atomic E-state index is -0.0565. The van der Waals surface area contributed by atoms with Gasteiger partial charge in [-0.1, -0.05) is 32.4 Å². The Labute approximate surface area is 107 Å². The molecule has 1 aliphatic carbocycles. The van der Waals surface area contributed by atoms with E-state index in [1.807, 2.05) is 6.07 Å².